The van der Waals surface area contributed by atoms with E-state index >= 15 is 0 Å². The molecule has 1 amide bonds. The number of aliphatic hydroxyl groups is 3. The second-order valence-electron chi connectivity index (χ2n) is 9.10. The molecule has 4 N–H and O–H groups in total. The van der Waals surface area contributed by atoms with Crippen molar-refractivity contribution in [3.05, 3.63) is 88.4 Å². The Hall–Kier alpha value is -2.79. The quantitative estimate of drug-likeness (QED) is 0.269. The van der Waals surface area contributed by atoms with Gasteiger partial charge in [0.1, 0.15) is 30.2 Å². The molecule has 1 heterocycles. The standard InChI is InChI=1S/C29H32ClNO7S/c1-3-37-20-11-8-17(9-12-20)14-19-15-18(10-13-21(19)30)28-27(34)26(33)25(32)23(38-28)16-39-24-7-5-4-6-22(24)31-29(35)36-2/h4-13,15,23,25-28,32-34H,3,14,16H2,1-2H3,(H,31,35)/t23-,25-,26+,27-,28+/m1/s1. The van der Waals surface area contributed by atoms with Crippen LogP contribution in [0.3, 0.4) is 0 Å². The number of para-hydroxylation sites is 1. The van der Waals surface area contributed by atoms with Crippen LogP contribution < -0.4 is 10.1 Å². The first-order valence-corrected chi connectivity index (χ1v) is 13.9. The third kappa shape index (κ3) is 7.25. The maximum Gasteiger partial charge on any atom is 0.411 e. The van der Waals surface area contributed by atoms with Gasteiger partial charge in [-0.2, -0.15) is 0 Å². The van der Waals surface area contributed by atoms with Crippen molar-refractivity contribution in [3.63, 3.8) is 0 Å². The molecule has 5 atom stereocenters. The van der Waals surface area contributed by atoms with Crippen LogP contribution in [0.2, 0.25) is 5.02 Å². The number of carbonyl (C=O) groups excluding carboxylic acids is 1. The molecular weight excluding hydrogens is 542 g/mol. The fourth-order valence-corrected chi connectivity index (χ4v) is 5.64. The van der Waals surface area contributed by atoms with E-state index in [1.807, 2.05) is 49.4 Å². The highest BCUT2D eigenvalue weighted by atomic mass is 35.5. The SMILES string of the molecule is CCOc1ccc(Cc2cc([C@@H]3O[C@H](CSc4ccccc4NC(=O)OC)[C@@H](O)[C@H](O)[C@H]3O)ccc2Cl)cc1. The topological polar surface area (TPSA) is 117 Å². The summed E-state index contributed by atoms with van der Waals surface area (Å²) in [4.78, 5) is 12.4. The number of halogens is 1. The number of carbonyl (C=O) groups is 1. The minimum absolute atomic E-state index is 0.258. The number of thioether (sulfide) groups is 1. The molecule has 0 aliphatic carbocycles. The first-order valence-electron chi connectivity index (χ1n) is 12.6. The Morgan fingerprint density at radius 2 is 1.77 bits per heavy atom. The zero-order valence-corrected chi connectivity index (χ0v) is 23.2. The summed E-state index contributed by atoms with van der Waals surface area (Å²) >= 11 is 7.85. The molecule has 0 saturated carbocycles. The number of aliphatic hydroxyl groups excluding tert-OH is 3. The molecule has 1 saturated heterocycles. The van der Waals surface area contributed by atoms with Crippen LogP contribution in [-0.4, -0.2) is 65.3 Å². The van der Waals surface area contributed by atoms with E-state index in [4.69, 9.17) is 21.1 Å². The van der Waals surface area contributed by atoms with E-state index in [0.29, 0.717) is 29.3 Å². The normalized spacial score (nSPS) is 22.8. The van der Waals surface area contributed by atoms with E-state index in [1.165, 1.54) is 18.9 Å². The van der Waals surface area contributed by atoms with E-state index in [0.717, 1.165) is 21.8 Å². The van der Waals surface area contributed by atoms with E-state index < -0.39 is 36.6 Å². The maximum atomic E-state index is 11.7. The maximum absolute atomic E-state index is 11.7. The molecule has 0 bridgehead atoms. The van der Waals surface area contributed by atoms with Crippen molar-refractivity contribution in [2.75, 3.05) is 24.8 Å². The Labute approximate surface area is 236 Å². The molecule has 1 fully saturated rings. The third-order valence-corrected chi connectivity index (χ3v) is 7.98. The number of amides is 1. The van der Waals surface area contributed by atoms with Gasteiger partial charge in [0, 0.05) is 15.7 Å². The molecule has 0 unspecified atom stereocenters. The van der Waals surface area contributed by atoms with E-state index in [9.17, 15) is 20.1 Å². The van der Waals surface area contributed by atoms with Gasteiger partial charge in [0.05, 0.1) is 25.5 Å². The Bertz CT molecular complexity index is 1260. The van der Waals surface area contributed by atoms with Crippen LogP contribution in [0.1, 0.15) is 29.7 Å². The van der Waals surface area contributed by atoms with Crippen LogP contribution in [0.15, 0.2) is 71.6 Å². The average molecular weight is 574 g/mol. The van der Waals surface area contributed by atoms with Crippen molar-refractivity contribution in [1.82, 2.24) is 0 Å². The highest BCUT2D eigenvalue weighted by Gasteiger charge is 2.44. The minimum atomic E-state index is -1.41. The number of hydrogen-bond donors (Lipinski definition) is 4. The first-order chi connectivity index (χ1) is 18.8. The van der Waals surface area contributed by atoms with Crippen molar-refractivity contribution in [1.29, 1.82) is 0 Å². The van der Waals surface area contributed by atoms with Gasteiger partial charge in [-0.05, 0) is 60.4 Å². The monoisotopic (exact) mass is 573 g/mol. The summed E-state index contributed by atoms with van der Waals surface area (Å²) in [5.74, 6) is 1.05. The molecule has 0 aromatic heterocycles. The molecule has 1 aliphatic heterocycles. The summed E-state index contributed by atoms with van der Waals surface area (Å²) < 4.78 is 16.4. The van der Waals surface area contributed by atoms with Gasteiger partial charge in [0.2, 0.25) is 0 Å². The number of ether oxygens (including phenoxy) is 3. The van der Waals surface area contributed by atoms with Crippen LogP contribution in [0, 0.1) is 0 Å². The van der Waals surface area contributed by atoms with Gasteiger partial charge in [0.25, 0.3) is 0 Å². The highest BCUT2D eigenvalue weighted by Crippen LogP contribution is 2.37. The van der Waals surface area contributed by atoms with Crippen LogP contribution in [-0.2, 0) is 15.9 Å². The molecule has 4 rings (SSSR count). The zero-order valence-electron chi connectivity index (χ0n) is 21.6. The summed E-state index contributed by atoms with van der Waals surface area (Å²) in [6.07, 6.45) is -5.78. The van der Waals surface area contributed by atoms with E-state index in [-0.39, 0.29) is 5.75 Å². The van der Waals surface area contributed by atoms with Gasteiger partial charge in [-0.15, -0.1) is 11.8 Å². The van der Waals surface area contributed by atoms with Crippen molar-refractivity contribution >= 4 is 35.1 Å². The number of methoxy groups -OCH3 is 1. The second kappa shape index (κ2) is 13.5. The van der Waals surface area contributed by atoms with Gasteiger partial charge in [-0.25, -0.2) is 4.79 Å². The molecule has 1 aliphatic rings. The number of benzene rings is 3. The van der Waals surface area contributed by atoms with Gasteiger partial charge in [-0.1, -0.05) is 48.0 Å². The molecular formula is C29H32ClNO7S. The zero-order chi connectivity index (χ0) is 27.9. The fourth-order valence-electron chi connectivity index (χ4n) is 4.39. The molecule has 208 valence electrons. The Kier molecular flexibility index (Phi) is 10.1. The van der Waals surface area contributed by atoms with Crippen molar-refractivity contribution in [2.45, 2.75) is 48.8 Å². The lowest BCUT2D eigenvalue weighted by Gasteiger charge is -2.41. The molecule has 0 radical (unpaired) electrons. The number of anilines is 1. The van der Waals surface area contributed by atoms with Crippen molar-refractivity contribution in [2.24, 2.45) is 0 Å². The van der Waals surface area contributed by atoms with Crippen LogP contribution in [0.25, 0.3) is 0 Å². The summed E-state index contributed by atoms with van der Waals surface area (Å²) in [6.45, 7) is 2.52. The lowest BCUT2D eigenvalue weighted by molar-refractivity contribution is -0.218. The van der Waals surface area contributed by atoms with Crippen LogP contribution in [0.5, 0.6) is 5.75 Å². The summed E-state index contributed by atoms with van der Waals surface area (Å²) in [5, 5.41) is 35.4. The van der Waals surface area contributed by atoms with Crippen molar-refractivity contribution < 1.29 is 34.3 Å². The fraction of sp³-hybridized carbons (Fsp3) is 0.345. The Morgan fingerprint density at radius 1 is 1.03 bits per heavy atom. The van der Waals surface area contributed by atoms with E-state index in [1.54, 1.807) is 24.3 Å². The number of hydrogen-bond acceptors (Lipinski definition) is 8. The van der Waals surface area contributed by atoms with Crippen LogP contribution in [0.4, 0.5) is 10.5 Å². The average Bonchev–Trinajstić information content (AvgIpc) is 2.94. The lowest BCUT2D eigenvalue weighted by Crippen LogP contribution is -2.54. The summed E-state index contributed by atoms with van der Waals surface area (Å²) in [7, 11) is 1.28. The smallest absolute Gasteiger partial charge is 0.411 e. The van der Waals surface area contributed by atoms with Crippen LogP contribution >= 0.6 is 23.4 Å². The molecule has 3 aromatic carbocycles. The Morgan fingerprint density at radius 3 is 2.49 bits per heavy atom. The molecule has 10 heteroatoms. The Balaban J connectivity index is 1.50. The molecule has 8 nitrogen and oxygen atoms in total. The third-order valence-electron chi connectivity index (χ3n) is 6.45. The number of nitrogens with one attached hydrogen (secondary N) is 1. The van der Waals surface area contributed by atoms with Gasteiger partial charge >= 0.3 is 6.09 Å². The summed E-state index contributed by atoms with van der Waals surface area (Å²) in [6, 6.07) is 20.3. The van der Waals surface area contributed by atoms with Crippen molar-refractivity contribution in [3.8, 4) is 5.75 Å². The highest BCUT2D eigenvalue weighted by molar-refractivity contribution is 7.99. The first kappa shape index (κ1) is 29.2. The molecule has 0 spiro atoms. The summed E-state index contributed by atoms with van der Waals surface area (Å²) in [5.41, 5.74) is 3.06. The van der Waals surface area contributed by atoms with Gasteiger partial charge in [-0.3, -0.25) is 5.32 Å². The minimum Gasteiger partial charge on any atom is -0.494 e. The van der Waals surface area contributed by atoms with Gasteiger partial charge < -0.3 is 29.5 Å². The molecule has 39 heavy (non-hydrogen) atoms. The molecule has 3 aromatic rings. The predicted octanol–water partition coefficient (Wildman–Crippen LogP) is 4.82. The van der Waals surface area contributed by atoms with E-state index in [2.05, 4.69) is 10.1 Å². The largest absolute Gasteiger partial charge is 0.494 e. The number of rotatable bonds is 9. The predicted molar refractivity (Wildman–Crippen MR) is 151 cm³/mol. The van der Waals surface area contributed by atoms with Gasteiger partial charge in [0.15, 0.2) is 0 Å². The lowest BCUT2D eigenvalue weighted by atomic mass is 9.90. The second-order valence-corrected chi connectivity index (χ2v) is 10.6.